The number of nitrogens with one attached hydrogen (secondary N) is 4. The second-order valence-electron chi connectivity index (χ2n) is 9.44. The van der Waals surface area contributed by atoms with Crippen molar-refractivity contribution in [2.45, 2.75) is 65.0 Å². The Labute approximate surface area is 175 Å². The molecule has 5 nitrogen and oxygen atoms in total. The Balaban J connectivity index is 2.05. The Morgan fingerprint density at radius 2 is 1.76 bits per heavy atom. The third-order valence-electron chi connectivity index (χ3n) is 5.42. The molecule has 2 rings (SSSR count). The monoisotopic (exact) mass is 393 g/mol. The van der Waals surface area contributed by atoms with Crippen molar-refractivity contribution in [3.05, 3.63) is 53.2 Å². The van der Waals surface area contributed by atoms with E-state index in [1.54, 1.807) is 12.2 Å². The smallest absolute Gasteiger partial charge is 0.0615 e. The van der Waals surface area contributed by atoms with Crippen LogP contribution in [-0.2, 0) is 0 Å². The number of rotatable bonds is 7. The van der Waals surface area contributed by atoms with Gasteiger partial charge in [0, 0.05) is 40.3 Å². The van der Waals surface area contributed by atoms with Crippen LogP contribution in [0.25, 0.3) is 5.57 Å². The van der Waals surface area contributed by atoms with Crippen molar-refractivity contribution in [1.29, 1.82) is 16.2 Å². The summed E-state index contributed by atoms with van der Waals surface area (Å²) in [5, 5.41) is 27.9. The van der Waals surface area contributed by atoms with E-state index >= 15 is 0 Å². The summed E-state index contributed by atoms with van der Waals surface area (Å²) in [6.07, 6.45) is 8.96. The van der Waals surface area contributed by atoms with Gasteiger partial charge in [0.05, 0.1) is 5.71 Å². The maximum Gasteiger partial charge on any atom is 0.0615 e. The van der Waals surface area contributed by atoms with Crippen LogP contribution >= 0.6 is 0 Å². The van der Waals surface area contributed by atoms with Crippen molar-refractivity contribution >= 4 is 23.2 Å². The molecule has 0 aromatic heterocycles. The zero-order chi connectivity index (χ0) is 21.8. The fraction of sp³-hybridized carbons (Fsp3) is 0.458. The van der Waals surface area contributed by atoms with Crippen LogP contribution in [0.5, 0.6) is 0 Å². The lowest BCUT2D eigenvalue weighted by Gasteiger charge is -2.46. The SMILES string of the molecule is Cc1cc(/C(C=N)=C/N)ccc1C(=N)/C=C\C(=N)CC1CC(C)(C)NC(C)(C)C1. The fourth-order valence-corrected chi connectivity index (χ4v) is 4.70. The van der Waals surface area contributed by atoms with Gasteiger partial charge in [0.15, 0.2) is 0 Å². The number of nitrogens with two attached hydrogens (primary N) is 1. The van der Waals surface area contributed by atoms with Crippen LogP contribution in [0.15, 0.2) is 36.6 Å². The molecule has 0 saturated carbocycles. The molecule has 0 atom stereocenters. The van der Waals surface area contributed by atoms with Crippen LogP contribution in [0.1, 0.15) is 63.6 Å². The maximum atomic E-state index is 8.40. The lowest BCUT2D eigenvalue weighted by molar-refractivity contribution is 0.132. The summed E-state index contributed by atoms with van der Waals surface area (Å²) in [6.45, 7) is 10.9. The topological polar surface area (TPSA) is 110 Å². The van der Waals surface area contributed by atoms with E-state index in [2.05, 4.69) is 33.0 Å². The summed E-state index contributed by atoms with van der Waals surface area (Å²) in [4.78, 5) is 0. The minimum Gasteiger partial charge on any atom is -0.404 e. The zero-order valence-electron chi connectivity index (χ0n) is 18.3. The molecule has 0 unspecified atom stereocenters. The Kier molecular flexibility index (Phi) is 6.96. The first-order valence-electron chi connectivity index (χ1n) is 10.1. The van der Waals surface area contributed by atoms with Crippen LogP contribution < -0.4 is 11.1 Å². The van der Waals surface area contributed by atoms with Crippen LogP contribution in [-0.4, -0.2) is 28.7 Å². The molecular formula is C24H35N5. The number of aryl methyl sites for hydroxylation is 1. The van der Waals surface area contributed by atoms with E-state index in [4.69, 9.17) is 22.0 Å². The van der Waals surface area contributed by atoms with E-state index in [1.807, 2.05) is 25.1 Å². The Bertz CT molecular complexity index is 842. The number of piperidine rings is 1. The maximum absolute atomic E-state index is 8.40. The average Bonchev–Trinajstić information content (AvgIpc) is 2.58. The lowest BCUT2D eigenvalue weighted by Crippen LogP contribution is -2.57. The molecule has 1 aromatic rings. The number of benzene rings is 1. The third kappa shape index (κ3) is 6.23. The van der Waals surface area contributed by atoms with Crippen LogP contribution in [0.4, 0.5) is 0 Å². The van der Waals surface area contributed by atoms with Crippen LogP contribution in [0.2, 0.25) is 0 Å². The van der Waals surface area contributed by atoms with E-state index in [9.17, 15) is 0 Å². The molecule has 1 aliphatic rings. The minimum absolute atomic E-state index is 0.0787. The summed E-state index contributed by atoms with van der Waals surface area (Å²) >= 11 is 0. The second-order valence-corrected chi connectivity index (χ2v) is 9.44. The third-order valence-corrected chi connectivity index (χ3v) is 5.42. The highest BCUT2D eigenvalue weighted by Gasteiger charge is 2.37. The highest BCUT2D eigenvalue weighted by atomic mass is 15.0. The first-order valence-corrected chi connectivity index (χ1v) is 10.1. The lowest BCUT2D eigenvalue weighted by atomic mass is 9.74. The van der Waals surface area contributed by atoms with Crippen molar-refractivity contribution in [3.8, 4) is 0 Å². The molecule has 1 saturated heterocycles. The second kappa shape index (κ2) is 8.87. The standard InChI is InChI=1S/C24H35N5/c1-16-10-18(19(14-25)15-26)6-8-21(16)22(28)9-7-20(27)11-17-12-23(2,3)29-24(4,5)13-17/h6-10,14-15,17,25,27-29H,11-13,26H2,1-5H3/b9-7-,19-15+,25-14?,27-20?,28-22?. The van der Waals surface area contributed by atoms with E-state index in [0.29, 0.717) is 22.9 Å². The van der Waals surface area contributed by atoms with E-state index in [0.717, 1.165) is 36.0 Å². The Morgan fingerprint density at radius 1 is 1.14 bits per heavy atom. The number of allylic oxidation sites excluding steroid dienone is 3. The summed E-state index contributed by atoms with van der Waals surface area (Å²) in [6, 6.07) is 5.69. The van der Waals surface area contributed by atoms with Gasteiger partial charge in [-0.05, 0) is 83.1 Å². The van der Waals surface area contributed by atoms with Crippen molar-refractivity contribution in [2.75, 3.05) is 0 Å². The van der Waals surface area contributed by atoms with Gasteiger partial charge in [-0.3, -0.25) is 0 Å². The molecule has 1 fully saturated rings. The zero-order valence-corrected chi connectivity index (χ0v) is 18.3. The summed E-state index contributed by atoms with van der Waals surface area (Å²) in [5.41, 5.74) is 9.96. The molecule has 0 bridgehead atoms. The van der Waals surface area contributed by atoms with Gasteiger partial charge in [-0.2, -0.15) is 0 Å². The van der Waals surface area contributed by atoms with Crippen molar-refractivity contribution in [3.63, 3.8) is 0 Å². The van der Waals surface area contributed by atoms with E-state index in [1.165, 1.54) is 12.4 Å². The number of hydrogen-bond donors (Lipinski definition) is 5. The van der Waals surface area contributed by atoms with Gasteiger partial charge in [-0.1, -0.05) is 18.2 Å². The molecule has 1 aromatic carbocycles. The molecule has 0 spiro atoms. The first kappa shape index (κ1) is 22.8. The molecule has 0 amide bonds. The summed E-state index contributed by atoms with van der Waals surface area (Å²) in [7, 11) is 0. The Hall–Kier alpha value is -2.53. The average molecular weight is 394 g/mol. The van der Waals surface area contributed by atoms with Gasteiger partial charge in [-0.25, -0.2) is 0 Å². The van der Waals surface area contributed by atoms with Gasteiger partial charge < -0.3 is 27.3 Å². The normalized spacial score (nSPS) is 19.3. The molecule has 0 aliphatic carbocycles. The van der Waals surface area contributed by atoms with E-state index < -0.39 is 0 Å². The van der Waals surface area contributed by atoms with Gasteiger partial charge in [0.25, 0.3) is 0 Å². The molecule has 156 valence electrons. The van der Waals surface area contributed by atoms with Crippen molar-refractivity contribution < 1.29 is 0 Å². The fourth-order valence-electron chi connectivity index (χ4n) is 4.70. The van der Waals surface area contributed by atoms with Gasteiger partial charge in [0.2, 0.25) is 0 Å². The van der Waals surface area contributed by atoms with Gasteiger partial charge >= 0.3 is 0 Å². The largest absolute Gasteiger partial charge is 0.404 e. The predicted molar refractivity (Wildman–Crippen MR) is 124 cm³/mol. The Morgan fingerprint density at radius 3 is 2.28 bits per heavy atom. The summed E-state index contributed by atoms with van der Waals surface area (Å²) < 4.78 is 0. The quantitative estimate of drug-likeness (QED) is 0.427. The molecule has 6 N–H and O–H groups in total. The van der Waals surface area contributed by atoms with Crippen molar-refractivity contribution in [2.24, 2.45) is 11.7 Å². The molecule has 29 heavy (non-hydrogen) atoms. The molecular weight excluding hydrogens is 358 g/mol. The summed E-state index contributed by atoms with van der Waals surface area (Å²) in [5.74, 6) is 0.469. The van der Waals surface area contributed by atoms with Crippen LogP contribution in [0, 0.1) is 29.1 Å². The predicted octanol–water partition coefficient (Wildman–Crippen LogP) is 4.83. The molecule has 5 heteroatoms. The highest BCUT2D eigenvalue weighted by molar-refractivity contribution is 6.12. The molecule has 0 radical (unpaired) electrons. The highest BCUT2D eigenvalue weighted by Crippen LogP contribution is 2.34. The van der Waals surface area contributed by atoms with Gasteiger partial charge in [-0.15, -0.1) is 0 Å². The molecule has 1 aliphatic heterocycles. The van der Waals surface area contributed by atoms with E-state index in [-0.39, 0.29) is 11.1 Å². The van der Waals surface area contributed by atoms with Gasteiger partial charge in [0.1, 0.15) is 0 Å². The molecule has 1 heterocycles. The van der Waals surface area contributed by atoms with Crippen LogP contribution in [0.3, 0.4) is 0 Å². The number of hydrogen-bond acceptors (Lipinski definition) is 5. The van der Waals surface area contributed by atoms with Crippen molar-refractivity contribution in [1.82, 2.24) is 5.32 Å². The first-order chi connectivity index (χ1) is 13.5. The minimum atomic E-state index is 0.0787.